The Hall–Kier alpha value is -1.32. The number of aryl methyl sites for hydroxylation is 1. The fourth-order valence-corrected chi connectivity index (χ4v) is 2.08. The maximum Gasteiger partial charge on any atom is 0.139 e. The molecule has 0 aliphatic rings. The summed E-state index contributed by atoms with van der Waals surface area (Å²) in [6, 6.07) is 6.05. The van der Waals surface area contributed by atoms with Crippen LogP contribution in [-0.4, -0.2) is 16.1 Å². The minimum atomic E-state index is 0.797. The molecule has 0 bridgehead atoms. The van der Waals surface area contributed by atoms with Crippen LogP contribution in [0, 0.1) is 0 Å². The van der Waals surface area contributed by atoms with Crippen LogP contribution in [0.15, 0.2) is 30.6 Å². The number of hydrogen-bond acceptors (Lipinski definition) is 2. The average molecular weight is 264 g/mol. The molecule has 1 N–H and O–H groups in total. The number of nitrogens with one attached hydrogen (secondary N) is 1. The van der Waals surface area contributed by atoms with Crippen LogP contribution in [0.5, 0.6) is 0 Å². The lowest BCUT2D eigenvalue weighted by Crippen LogP contribution is -2.14. The first-order valence-corrected chi connectivity index (χ1v) is 6.57. The summed E-state index contributed by atoms with van der Waals surface area (Å²) in [5.41, 5.74) is 2.21. The lowest BCUT2D eigenvalue weighted by atomic mass is 10.1. The van der Waals surface area contributed by atoms with Crippen molar-refractivity contribution in [2.24, 2.45) is 7.05 Å². The highest BCUT2D eigenvalue weighted by molar-refractivity contribution is 6.31. The van der Waals surface area contributed by atoms with Gasteiger partial charge in [-0.1, -0.05) is 18.5 Å². The van der Waals surface area contributed by atoms with Crippen LogP contribution in [0.2, 0.25) is 5.02 Å². The van der Waals surface area contributed by atoms with Crippen molar-refractivity contribution < 1.29 is 0 Å². The van der Waals surface area contributed by atoms with E-state index in [1.54, 1.807) is 6.20 Å². The van der Waals surface area contributed by atoms with Crippen LogP contribution >= 0.6 is 11.6 Å². The van der Waals surface area contributed by atoms with Crippen molar-refractivity contribution in [1.82, 2.24) is 14.9 Å². The summed E-state index contributed by atoms with van der Waals surface area (Å²) >= 11 is 6.21. The molecule has 1 aromatic carbocycles. The number of benzene rings is 1. The largest absolute Gasteiger partial charge is 0.334 e. The van der Waals surface area contributed by atoms with Gasteiger partial charge in [-0.15, -0.1) is 0 Å². The van der Waals surface area contributed by atoms with E-state index in [-0.39, 0.29) is 0 Å². The van der Waals surface area contributed by atoms with Crippen molar-refractivity contribution in [3.8, 4) is 11.4 Å². The van der Waals surface area contributed by atoms with Gasteiger partial charge < -0.3 is 9.88 Å². The third-order valence-corrected chi connectivity index (χ3v) is 3.24. The second-order valence-electron chi connectivity index (χ2n) is 4.34. The maximum atomic E-state index is 6.21. The number of imidazole rings is 1. The first-order valence-electron chi connectivity index (χ1n) is 6.19. The van der Waals surface area contributed by atoms with Crippen molar-refractivity contribution in [3.63, 3.8) is 0 Å². The normalized spacial score (nSPS) is 10.8. The fourth-order valence-electron chi connectivity index (χ4n) is 1.89. The van der Waals surface area contributed by atoms with Gasteiger partial charge in [0.2, 0.25) is 0 Å². The van der Waals surface area contributed by atoms with Crippen LogP contribution in [0.3, 0.4) is 0 Å². The number of rotatable bonds is 5. The van der Waals surface area contributed by atoms with Crippen LogP contribution in [0.1, 0.15) is 18.9 Å². The second-order valence-corrected chi connectivity index (χ2v) is 4.75. The van der Waals surface area contributed by atoms with Crippen molar-refractivity contribution in [2.75, 3.05) is 6.54 Å². The predicted octanol–water partition coefficient (Wildman–Crippen LogP) is 3.24. The zero-order chi connectivity index (χ0) is 13.0. The molecule has 1 aromatic heterocycles. The van der Waals surface area contributed by atoms with E-state index in [0.717, 1.165) is 41.5 Å². The first kappa shape index (κ1) is 13.1. The number of aromatic nitrogens is 2. The quantitative estimate of drug-likeness (QED) is 0.840. The summed E-state index contributed by atoms with van der Waals surface area (Å²) < 4.78 is 2.01. The minimum Gasteiger partial charge on any atom is -0.334 e. The summed E-state index contributed by atoms with van der Waals surface area (Å²) in [6.45, 7) is 3.95. The molecule has 2 aromatic rings. The molecule has 4 heteroatoms. The Labute approximate surface area is 113 Å². The molecule has 0 unspecified atom stereocenters. The van der Waals surface area contributed by atoms with Gasteiger partial charge in [-0.2, -0.15) is 0 Å². The van der Waals surface area contributed by atoms with Gasteiger partial charge in [0, 0.05) is 36.6 Å². The second kappa shape index (κ2) is 6.03. The van der Waals surface area contributed by atoms with Crippen LogP contribution in [0.4, 0.5) is 0 Å². The van der Waals surface area contributed by atoms with E-state index < -0.39 is 0 Å². The molecule has 0 radical (unpaired) electrons. The number of nitrogens with zero attached hydrogens (tertiary/aromatic N) is 2. The molecule has 0 fully saturated rings. The maximum absolute atomic E-state index is 6.21. The van der Waals surface area contributed by atoms with Gasteiger partial charge in [-0.25, -0.2) is 4.98 Å². The molecule has 0 saturated heterocycles. The zero-order valence-corrected chi connectivity index (χ0v) is 11.5. The highest BCUT2D eigenvalue weighted by atomic mass is 35.5. The van der Waals surface area contributed by atoms with Gasteiger partial charge in [-0.05, 0) is 36.7 Å². The smallest absolute Gasteiger partial charge is 0.139 e. The summed E-state index contributed by atoms with van der Waals surface area (Å²) in [4.78, 5) is 4.35. The molecule has 0 atom stereocenters. The first-order chi connectivity index (χ1) is 8.72. The molecule has 0 spiro atoms. The van der Waals surface area contributed by atoms with Crippen molar-refractivity contribution in [3.05, 3.63) is 41.2 Å². The number of halogens is 1. The Morgan fingerprint density at radius 3 is 2.89 bits per heavy atom. The van der Waals surface area contributed by atoms with Crippen molar-refractivity contribution in [1.29, 1.82) is 0 Å². The lowest BCUT2D eigenvalue weighted by Gasteiger charge is -2.09. The van der Waals surface area contributed by atoms with Crippen LogP contribution in [0.25, 0.3) is 11.4 Å². The van der Waals surface area contributed by atoms with Crippen molar-refractivity contribution >= 4 is 11.6 Å². The van der Waals surface area contributed by atoms with E-state index in [0.29, 0.717) is 0 Å². The molecular formula is C14H18ClN3. The van der Waals surface area contributed by atoms with E-state index in [1.165, 1.54) is 0 Å². The highest BCUT2D eigenvalue weighted by Crippen LogP contribution is 2.23. The molecular weight excluding hydrogens is 246 g/mol. The molecule has 3 nitrogen and oxygen atoms in total. The summed E-state index contributed by atoms with van der Waals surface area (Å²) in [7, 11) is 1.99. The standard InChI is InChI=1S/C14H18ClN3/c1-3-6-16-10-12-9-11(4-5-13(12)15)14-17-7-8-18(14)2/h4-5,7-9,16H,3,6,10H2,1-2H3. The molecule has 0 saturated carbocycles. The van der Waals surface area contributed by atoms with E-state index in [9.17, 15) is 0 Å². The summed E-state index contributed by atoms with van der Waals surface area (Å²) in [5, 5.41) is 4.17. The summed E-state index contributed by atoms with van der Waals surface area (Å²) in [6.07, 6.45) is 4.87. The van der Waals surface area contributed by atoms with Gasteiger partial charge in [0.1, 0.15) is 5.82 Å². The third-order valence-electron chi connectivity index (χ3n) is 2.87. The van der Waals surface area contributed by atoms with Gasteiger partial charge in [0.15, 0.2) is 0 Å². The molecule has 2 rings (SSSR count). The minimum absolute atomic E-state index is 0.797. The van der Waals surface area contributed by atoms with Gasteiger partial charge >= 0.3 is 0 Å². The molecule has 18 heavy (non-hydrogen) atoms. The molecule has 0 aliphatic heterocycles. The van der Waals surface area contributed by atoms with E-state index in [4.69, 9.17) is 11.6 Å². The lowest BCUT2D eigenvalue weighted by molar-refractivity contribution is 0.675. The Morgan fingerprint density at radius 2 is 2.22 bits per heavy atom. The highest BCUT2D eigenvalue weighted by Gasteiger charge is 2.07. The summed E-state index contributed by atoms with van der Waals surface area (Å²) in [5.74, 6) is 0.961. The molecule has 0 amide bonds. The van der Waals surface area contributed by atoms with Gasteiger partial charge in [0.25, 0.3) is 0 Å². The Kier molecular flexibility index (Phi) is 4.39. The average Bonchev–Trinajstić information content (AvgIpc) is 2.78. The topological polar surface area (TPSA) is 29.9 Å². The van der Waals surface area contributed by atoms with Crippen molar-refractivity contribution in [2.45, 2.75) is 19.9 Å². The van der Waals surface area contributed by atoms with Gasteiger partial charge in [0.05, 0.1) is 0 Å². The molecule has 96 valence electrons. The Balaban J connectivity index is 2.23. The zero-order valence-electron chi connectivity index (χ0n) is 10.8. The fraction of sp³-hybridized carbons (Fsp3) is 0.357. The van der Waals surface area contributed by atoms with E-state index >= 15 is 0 Å². The monoisotopic (exact) mass is 263 g/mol. The Bertz CT molecular complexity index is 520. The van der Waals surface area contributed by atoms with E-state index in [2.05, 4.69) is 23.3 Å². The molecule has 1 heterocycles. The van der Waals surface area contributed by atoms with E-state index in [1.807, 2.05) is 29.9 Å². The SMILES string of the molecule is CCCNCc1cc(-c2nccn2C)ccc1Cl. The predicted molar refractivity (Wildman–Crippen MR) is 75.7 cm³/mol. The number of hydrogen-bond donors (Lipinski definition) is 1. The van der Waals surface area contributed by atoms with Gasteiger partial charge in [-0.3, -0.25) is 0 Å². The Morgan fingerprint density at radius 1 is 1.39 bits per heavy atom. The third kappa shape index (κ3) is 2.92. The molecule has 0 aliphatic carbocycles. The van der Waals surface area contributed by atoms with Crippen LogP contribution < -0.4 is 5.32 Å². The van der Waals surface area contributed by atoms with Crippen LogP contribution in [-0.2, 0) is 13.6 Å².